The molecule has 0 atom stereocenters. The summed E-state index contributed by atoms with van der Waals surface area (Å²) in [5.41, 5.74) is 2.05. The second-order valence-electron chi connectivity index (χ2n) is 4.02. The average molecular weight is 273 g/mol. The highest BCUT2D eigenvalue weighted by atomic mass is 35.5. The minimum absolute atomic E-state index is 0.212. The first-order chi connectivity index (χ1) is 9.18. The molecule has 6 heteroatoms. The Balaban J connectivity index is 2.23. The van der Waals surface area contributed by atoms with Crippen molar-refractivity contribution < 1.29 is 4.79 Å². The van der Waals surface area contributed by atoms with Crippen molar-refractivity contribution in [2.24, 2.45) is 7.05 Å². The third-order valence-corrected chi connectivity index (χ3v) is 3.13. The van der Waals surface area contributed by atoms with Crippen LogP contribution in [-0.4, -0.2) is 25.5 Å². The zero-order chi connectivity index (χ0) is 13.4. The van der Waals surface area contributed by atoms with Gasteiger partial charge in [-0.1, -0.05) is 17.7 Å². The van der Waals surface area contributed by atoms with E-state index >= 15 is 0 Å². The summed E-state index contributed by atoms with van der Waals surface area (Å²) in [4.78, 5) is 20.9. The van der Waals surface area contributed by atoms with Gasteiger partial charge in [0.1, 0.15) is 5.69 Å². The molecular weight excluding hydrogens is 264 g/mol. The van der Waals surface area contributed by atoms with Crippen LogP contribution in [0.3, 0.4) is 0 Å². The van der Waals surface area contributed by atoms with Crippen molar-refractivity contribution in [1.29, 1.82) is 0 Å². The zero-order valence-electron chi connectivity index (χ0n) is 10.0. The molecular formula is C13H9ClN4O. The first kappa shape index (κ1) is 11.8. The molecule has 0 radical (unpaired) electrons. The maximum Gasteiger partial charge on any atom is 0.214 e. The van der Waals surface area contributed by atoms with Crippen molar-refractivity contribution in [3.8, 4) is 0 Å². The summed E-state index contributed by atoms with van der Waals surface area (Å²) in [5.74, 6) is -0.212. The summed E-state index contributed by atoms with van der Waals surface area (Å²) in [6.45, 7) is 0. The van der Waals surface area contributed by atoms with Gasteiger partial charge >= 0.3 is 0 Å². The van der Waals surface area contributed by atoms with E-state index < -0.39 is 0 Å². The molecule has 3 rings (SSSR count). The predicted molar refractivity (Wildman–Crippen MR) is 71.2 cm³/mol. The molecule has 2 aromatic heterocycles. The van der Waals surface area contributed by atoms with Crippen LogP contribution in [0, 0.1) is 0 Å². The Bertz CT molecular complexity index is 756. The largest absolute Gasteiger partial charge is 0.287 e. The molecule has 0 spiro atoms. The number of carbonyl (C=O) groups is 1. The average Bonchev–Trinajstić information content (AvgIpc) is 2.77. The van der Waals surface area contributed by atoms with Gasteiger partial charge in [0, 0.05) is 19.4 Å². The van der Waals surface area contributed by atoms with Gasteiger partial charge in [0.15, 0.2) is 0 Å². The van der Waals surface area contributed by atoms with E-state index in [4.69, 9.17) is 11.6 Å². The third kappa shape index (κ3) is 1.88. The molecule has 1 aromatic carbocycles. The number of ketones is 1. The van der Waals surface area contributed by atoms with E-state index in [1.807, 2.05) is 6.07 Å². The number of benzene rings is 1. The number of nitrogens with zero attached hydrogens (tertiary/aromatic N) is 4. The van der Waals surface area contributed by atoms with Crippen molar-refractivity contribution in [2.75, 3.05) is 0 Å². The van der Waals surface area contributed by atoms with Crippen molar-refractivity contribution in [3.63, 3.8) is 0 Å². The van der Waals surface area contributed by atoms with Crippen molar-refractivity contribution >= 4 is 28.4 Å². The minimum atomic E-state index is -0.212. The van der Waals surface area contributed by atoms with E-state index in [9.17, 15) is 4.79 Å². The summed E-state index contributed by atoms with van der Waals surface area (Å²) in [7, 11) is 1.68. The number of halogens is 1. The van der Waals surface area contributed by atoms with Gasteiger partial charge in [0.25, 0.3) is 0 Å². The first-order valence-corrected chi connectivity index (χ1v) is 5.98. The van der Waals surface area contributed by atoms with Crippen LogP contribution in [0.2, 0.25) is 5.02 Å². The number of hydrogen-bond acceptors (Lipinski definition) is 4. The lowest BCUT2D eigenvalue weighted by atomic mass is 10.1. The summed E-state index contributed by atoms with van der Waals surface area (Å²) in [6, 6.07) is 5.29. The SMILES string of the molecule is Cn1ncc(Cl)c1C(=O)c1cccc2nccnc12. The Labute approximate surface area is 113 Å². The summed E-state index contributed by atoms with van der Waals surface area (Å²) in [5, 5.41) is 4.30. The van der Waals surface area contributed by atoms with Gasteiger partial charge in [0.2, 0.25) is 5.78 Å². The van der Waals surface area contributed by atoms with Crippen LogP contribution in [0.5, 0.6) is 0 Å². The Kier molecular flexibility index (Phi) is 2.76. The second-order valence-corrected chi connectivity index (χ2v) is 4.43. The molecule has 0 saturated heterocycles. The molecule has 3 aromatic rings. The monoisotopic (exact) mass is 272 g/mol. The van der Waals surface area contributed by atoms with Gasteiger partial charge in [-0.2, -0.15) is 5.10 Å². The highest BCUT2D eigenvalue weighted by molar-refractivity contribution is 6.35. The maximum atomic E-state index is 12.6. The van der Waals surface area contributed by atoms with Crippen LogP contribution in [0.4, 0.5) is 0 Å². The van der Waals surface area contributed by atoms with Crippen LogP contribution < -0.4 is 0 Å². The molecule has 0 saturated carbocycles. The van der Waals surface area contributed by atoms with Gasteiger partial charge in [-0.25, -0.2) is 0 Å². The van der Waals surface area contributed by atoms with E-state index in [0.29, 0.717) is 27.3 Å². The molecule has 0 aliphatic carbocycles. The van der Waals surface area contributed by atoms with Crippen LogP contribution in [0.25, 0.3) is 11.0 Å². The zero-order valence-corrected chi connectivity index (χ0v) is 10.8. The van der Waals surface area contributed by atoms with E-state index in [2.05, 4.69) is 15.1 Å². The van der Waals surface area contributed by atoms with Crippen molar-refractivity contribution in [3.05, 3.63) is 53.1 Å². The summed E-state index contributed by atoms with van der Waals surface area (Å²) < 4.78 is 1.46. The number of para-hydroxylation sites is 1. The molecule has 0 fully saturated rings. The van der Waals surface area contributed by atoms with E-state index in [1.54, 1.807) is 31.6 Å². The minimum Gasteiger partial charge on any atom is -0.287 e. The topological polar surface area (TPSA) is 60.7 Å². The number of fused-ring (bicyclic) bond motifs is 1. The fourth-order valence-electron chi connectivity index (χ4n) is 1.97. The van der Waals surface area contributed by atoms with Gasteiger partial charge in [0.05, 0.1) is 27.8 Å². The first-order valence-electron chi connectivity index (χ1n) is 5.60. The molecule has 0 amide bonds. The Morgan fingerprint density at radius 3 is 2.79 bits per heavy atom. The number of carbonyl (C=O) groups excluding carboxylic acids is 1. The van der Waals surface area contributed by atoms with E-state index in [-0.39, 0.29) is 5.78 Å². The Hall–Kier alpha value is -2.27. The molecule has 0 bridgehead atoms. The molecule has 0 aliphatic heterocycles. The quantitative estimate of drug-likeness (QED) is 0.671. The van der Waals surface area contributed by atoms with Crippen LogP contribution in [-0.2, 0) is 7.05 Å². The highest BCUT2D eigenvalue weighted by Crippen LogP contribution is 2.22. The lowest BCUT2D eigenvalue weighted by Crippen LogP contribution is -2.10. The van der Waals surface area contributed by atoms with Crippen molar-refractivity contribution in [1.82, 2.24) is 19.7 Å². The van der Waals surface area contributed by atoms with Gasteiger partial charge in [-0.15, -0.1) is 0 Å². The lowest BCUT2D eigenvalue weighted by Gasteiger charge is -2.05. The highest BCUT2D eigenvalue weighted by Gasteiger charge is 2.20. The molecule has 2 heterocycles. The van der Waals surface area contributed by atoms with Crippen LogP contribution in [0.1, 0.15) is 16.1 Å². The number of hydrogen-bond donors (Lipinski definition) is 0. The fraction of sp³-hybridized carbons (Fsp3) is 0.0769. The molecule has 0 N–H and O–H groups in total. The lowest BCUT2D eigenvalue weighted by molar-refractivity contribution is 0.103. The third-order valence-electron chi connectivity index (χ3n) is 2.85. The maximum absolute atomic E-state index is 12.6. The summed E-state index contributed by atoms with van der Waals surface area (Å²) >= 11 is 6.00. The van der Waals surface area contributed by atoms with E-state index in [1.165, 1.54) is 10.9 Å². The molecule has 5 nitrogen and oxygen atoms in total. The number of rotatable bonds is 2. The molecule has 0 aliphatic rings. The smallest absolute Gasteiger partial charge is 0.214 e. The van der Waals surface area contributed by atoms with Gasteiger partial charge in [-0.05, 0) is 12.1 Å². The number of aryl methyl sites for hydroxylation is 1. The molecule has 19 heavy (non-hydrogen) atoms. The Morgan fingerprint density at radius 2 is 2.05 bits per heavy atom. The van der Waals surface area contributed by atoms with Gasteiger partial charge in [-0.3, -0.25) is 19.4 Å². The van der Waals surface area contributed by atoms with Crippen LogP contribution >= 0.6 is 11.6 Å². The standard InChI is InChI=1S/C13H9ClN4O/c1-18-12(9(14)7-17-18)13(19)8-3-2-4-10-11(8)16-6-5-15-10/h2-7H,1H3. The fourth-order valence-corrected chi connectivity index (χ4v) is 2.22. The van der Waals surface area contributed by atoms with Gasteiger partial charge < -0.3 is 0 Å². The Morgan fingerprint density at radius 1 is 1.26 bits per heavy atom. The predicted octanol–water partition coefficient (Wildman–Crippen LogP) is 2.25. The second kappa shape index (κ2) is 4.44. The van der Waals surface area contributed by atoms with Crippen LogP contribution in [0.15, 0.2) is 36.8 Å². The molecule has 0 unspecified atom stereocenters. The number of aromatic nitrogens is 4. The summed E-state index contributed by atoms with van der Waals surface area (Å²) in [6.07, 6.45) is 4.60. The van der Waals surface area contributed by atoms with E-state index in [0.717, 1.165) is 0 Å². The normalized spacial score (nSPS) is 10.8. The van der Waals surface area contributed by atoms with Crippen molar-refractivity contribution in [2.45, 2.75) is 0 Å². The molecule has 94 valence electrons.